The second kappa shape index (κ2) is 2.83. The Morgan fingerprint density at radius 1 is 1.21 bits per heavy atom. The summed E-state index contributed by atoms with van der Waals surface area (Å²) in [6, 6.07) is 5.24. The van der Waals surface area contributed by atoms with Crippen LogP contribution in [0.15, 0.2) is 23.0 Å². The summed E-state index contributed by atoms with van der Waals surface area (Å²) >= 11 is 0. The van der Waals surface area contributed by atoms with Crippen molar-refractivity contribution in [1.82, 2.24) is 9.36 Å². The zero-order chi connectivity index (χ0) is 10.3. The molecule has 14 heavy (non-hydrogen) atoms. The van der Waals surface area contributed by atoms with Crippen LogP contribution in [0.25, 0.3) is 10.9 Å². The number of rotatable bonds is 1. The summed E-state index contributed by atoms with van der Waals surface area (Å²) in [6.45, 7) is 0. The molecule has 0 saturated heterocycles. The number of carbonyl (C=O) groups is 1. The monoisotopic (exact) mass is 190 g/mol. The molecule has 2 aromatic rings. The fourth-order valence-electron chi connectivity index (χ4n) is 1.62. The normalized spacial score (nSPS) is 10.7. The van der Waals surface area contributed by atoms with Crippen molar-refractivity contribution in [2.24, 2.45) is 14.1 Å². The Hall–Kier alpha value is -1.84. The van der Waals surface area contributed by atoms with Gasteiger partial charge in [-0.2, -0.15) is 0 Å². The van der Waals surface area contributed by atoms with E-state index in [9.17, 15) is 9.59 Å². The summed E-state index contributed by atoms with van der Waals surface area (Å²) in [7, 11) is 3.47. The second-order valence-electron chi connectivity index (χ2n) is 3.21. The van der Waals surface area contributed by atoms with Crippen molar-refractivity contribution in [3.63, 3.8) is 0 Å². The van der Waals surface area contributed by atoms with E-state index >= 15 is 0 Å². The molecule has 1 aromatic carbocycles. The van der Waals surface area contributed by atoms with Crippen molar-refractivity contribution in [2.45, 2.75) is 0 Å². The lowest BCUT2D eigenvalue weighted by molar-refractivity contribution is 0.112. The highest BCUT2D eigenvalue weighted by atomic mass is 16.1. The lowest BCUT2D eigenvalue weighted by atomic mass is 10.1. The number of hydrogen-bond donors (Lipinski definition) is 0. The van der Waals surface area contributed by atoms with Gasteiger partial charge in [-0.3, -0.25) is 19.0 Å². The molecule has 0 saturated carbocycles. The van der Waals surface area contributed by atoms with Crippen LogP contribution in [0, 0.1) is 0 Å². The van der Waals surface area contributed by atoms with Gasteiger partial charge >= 0.3 is 0 Å². The number of carbonyl (C=O) groups excluding carboxylic acids is 1. The molecule has 0 bridgehead atoms. The number of fused-ring (bicyclic) bond motifs is 1. The first-order valence-corrected chi connectivity index (χ1v) is 4.26. The van der Waals surface area contributed by atoms with Crippen LogP contribution >= 0.6 is 0 Å². The molecule has 0 atom stereocenters. The van der Waals surface area contributed by atoms with Crippen LogP contribution in [-0.4, -0.2) is 15.6 Å². The standard InChI is InChI=1S/C10H10N2O2/c1-11-8-5-3-4-7(6-13)9(8)10(14)12(11)2/h3-6H,1-2H3. The Bertz CT molecular complexity index is 563. The lowest BCUT2D eigenvalue weighted by Gasteiger charge is -1.98. The number of hydrogen-bond acceptors (Lipinski definition) is 2. The van der Waals surface area contributed by atoms with Gasteiger partial charge in [-0.05, 0) is 6.07 Å². The first-order chi connectivity index (χ1) is 6.66. The first-order valence-electron chi connectivity index (χ1n) is 4.26. The van der Waals surface area contributed by atoms with Crippen molar-refractivity contribution in [3.8, 4) is 0 Å². The summed E-state index contributed by atoms with van der Waals surface area (Å²) in [5.41, 5.74) is 1.09. The van der Waals surface area contributed by atoms with Crippen LogP contribution in [0.4, 0.5) is 0 Å². The van der Waals surface area contributed by atoms with Gasteiger partial charge < -0.3 is 0 Å². The Balaban J connectivity index is 3.09. The van der Waals surface area contributed by atoms with Crippen molar-refractivity contribution in [2.75, 3.05) is 0 Å². The van der Waals surface area contributed by atoms with E-state index in [4.69, 9.17) is 0 Å². The minimum Gasteiger partial charge on any atom is -0.298 e. The first kappa shape index (κ1) is 8.74. The fourth-order valence-corrected chi connectivity index (χ4v) is 1.62. The van der Waals surface area contributed by atoms with Crippen molar-refractivity contribution in [3.05, 3.63) is 34.1 Å². The van der Waals surface area contributed by atoms with Gasteiger partial charge in [-0.1, -0.05) is 12.1 Å². The van der Waals surface area contributed by atoms with Gasteiger partial charge in [0, 0.05) is 19.7 Å². The zero-order valence-corrected chi connectivity index (χ0v) is 8.02. The van der Waals surface area contributed by atoms with E-state index in [-0.39, 0.29) is 5.56 Å². The maximum Gasteiger partial charge on any atom is 0.275 e. The van der Waals surface area contributed by atoms with Gasteiger partial charge in [0.05, 0.1) is 10.9 Å². The molecule has 2 rings (SSSR count). The van der Waals surface area contributed by atoms with Crippen LogP contribution in [-0.2, 0) is 14.1 Å². The third-order valence-electron chi connectivity index (χ3n) is 2.51. The maximum absolute atomic E-state index is 11.7. The number of aryl methyl sites for hydroxylation is 1. The molecule has 0 aliphatic heterocycles. The van der Waals surface area contributed by atoms with Crippen LogP contribution in [0.5, 0.6) is 0 Å². The lowest BCUT2D eigenvalue weighted by Crippen LogP contribution is -2.17. The third kappa shape index (κ3) is 0.937. The van der Waals surface area contributed by atoms with E-state index in [2.05, 4.69) is 0 Å². The van der Waals surface area contributed by atoms with Gasteiger partial charge in [0.25, 0.3) is 5.56 Å². The minimum absolute atomic E-state index is 0.134. The highest BCUT2D eigenvalue weighted by Crippen LogP contribution is 2.12. The largest absolute Gasteiger partial charge is 0.298 e. The van der Waals surface area contributed by atoms with E-state index in [0.717, 1.165) is 5.52 Å². The van der Waals surface area contributed by atoms with E-state index in [1.807, 2.05) is 6.07 Å². The van der Waals surface area contributed by atoms with Crippen LogP contribution in [0.1, 0.15) is 10.4 Å². The van der Waals surface area contributed by atoms with Gasteiger partial charge in [0.1, 0.15) is 0 Å². The molecule has 0 radical (unpaired) electrons. The molecule has 1 heterocycles. The Kier molecular flexibility index (Phi) is 1.77. The SMILES string of the molecule is Cn1c(=O)c2c(C=O)cccc2n1C. The summed E-state index contributed by atoms with van der Waals surface area (Å²) in [5, 5.41) is 0.493. The molecule has 1 aromatic heterocycles. The second-order valence-corrected chi connectivity index (χ2v) is 3.21. The fraction of sp³-hybridized carbons (Fsp3) is 0.200. The summed E-state index contributed by atoms with van der Waals surface area (Å²) < 4.78 is 3.21. The summed E-state index contributed by atoms with van der Waals surface area (Å²) in [6.07, 6.45) is 0.712. The maximum atomic E-state index is 11.7. The van der Waals surface area contributed by atoms with Crippen LogP contribution < -0.4 is 5.56 Å². The average Bonchev–Trinajstić information content (AvgIpc) is 2.44. The number of aromatic nitrogens is 2. The quantitative estimate of drug-likeness (QED) is 0.621. The van der Waals surface area contributed by atoms with E-state index in [1.165, 1.54) is 4.68 Å². The molecule has 0 amide bonds. The highest BCUT2D eigenvalue weighted by molar-refractivity contribution is 5.96. The van der Waals surface area contributed by atoms with Gasteiger partial charge in [0.2, 0.25) is 0 Å². The predicted molar refractivity (Wildman–Crippen MR) is 53.5 cm³/mol. The molecule has 0 spiro atoms. The van der Waals surface area contributed by atoms with E-state index in [1.54, 1.807) is 30.9 Å². The highest BCUT2D eigenvalue weighted by Gasteiger charge is 2.10. The topological polar surface area (TPSA) is 44.0 Å². The molecule has 0 unspecified atom stereocenters. The van der Waals surface area contributed by atoms with Crippen molar-refractivity contribution >= 4 is 17.2 Å². The van der Waals surface area contributed by atoms with Gasteiger partial charge in [0.15, 0.2) is 6.29 Å². The molecular formula is C10H10N2O2. The van der Waals surface area contributed by atoms with E-state index in [0.29, 0.717) is 17.2 Å². The smallest absolute Gasteiger partial charge is 0.275 e. The van der Waals surface area contributed by atoms with Crippen LogP contribution in [0.2, 0.25) is 0 Å². The van der Waals surface area contributed by atoms with Gasteiger partial charge in [-0.15, -0.1) is 0 Å². The summed E-state index contributed by atoms with van der Waals surface area (Å²) in [4.78, 5) is 22.4. The van der Waals surface area contributed by atoms with E-state index < -0.39 is 0 Å². The average molecular weight is 190 g/mol. The molecule has 0 fully saturated rings. The Morgan fingerprint density at radius 3 is 2.57 bits per heavy atom. The molecule has 0 aliphatic carbocycles. The van der Waals surface area contributed by atoms with Crippen LogP contribution in [0.3, 0.4) is 0 Å². The molecular weight excluding hydrogens is 180 g/mol. The number of benzene rings is 1. The third-order valence-corrected chi connectivity index (χ3v) is 2.51. The number of nitrogens with zero attached hydrogens (tertiary/aromatic N) is 2. The van der Waals surface area contributed by atoms with Crippen molar-refractivity contribution in [1.29, 1.82) is 0 Å². The molecule has 72 valence electrons. The zero-order valence-electron chi connectivity index (χ0n) is 8.02. The molecule has 0 N–H and O–H groups in total. The summed E-state index contributed by atoms with van der Waals surface area (Å²) in [5.74, 6) is 0. The van der Waals surface area contributed by atoms with Gasteiger partial charge in [-0.25, -0.2) is 0 Å². The Morgan fingerprint density at radius 2 is 1.93 bits per heavy atom. The van der Waals surface area contributed by atoms with Crippen molar-refractivity contribution < 1.29 is 4.79 Å². The molecule has 4 nitrogen and oxygen atoms in total. The predicted octanol–water partition coefficient (Wildman–Crippen LogP) is 0.689. The Labute approximate surface area is 80.3 Å². The molecule has 0 aliphatic rings. The molecule has 4 heteroatoms. The minimum atomic E-state index is -0.134. The number of aldehydes is 1.